The van der Waals surface area contributed by atoms with Gasteiger partial charge in [-0.15, -0.1) is 0 Å². The Morgan fingerprint density at radius 2 is 2.00 bits per heavy atom. The third-order valence-electron chi connectivity index (χ3n) is 3.00. The van der Waals surface area contributed by atoms with Crippen LogP contribution in [0, 0.1) is 5.82 Å². The monoisotopic (exact) mass is 301 g/mol. The fourth-order valence-electron chi connectivity index (χ4n) is 1.97. The summed E-state index contributed by atoms with van der Waals surface area (Å²) in [5, 5.41) is 1.56. The molecular formula is C15H12FN3OS. The molecule has 0 aliphatic carbocycles. The van der Waals surface area contributed by atoms with Crippen molar-refractivity contribution >= 4 is 28.4 Å². The lowest BCUT2D eigenvalue weighted by Crippen LogP contribution is -1.95. The van der Waals surface area contributed by atoms with Crippen LogP contribution in [-0.4, -0.2) is 17.1 Å². The first-order valence-electron chi connectivity index (χ1n) is 6.19. The lowest BCUT2D eigenvalue weighted by molar-refractivity contribution is 0.414. The molecule has 0 fully saturated rings. The van der Waals surface area contributed by atoms with E-state index in [9.17, 15) is 4.39 Å². The van der Waals surface area contributed by atoms with E-state index in [1.165, 1.54) is 31.3 Å². The molecule has 0 saturated heterocycles. The van der Waals surface area contributed by atoms with Crippen LogP contribution in [-0.2, 0) is 0 Å². The Hall–Kier alpha value is -2.34. The van der Waals surface area contributed by atoms with Gasteiger partial charge in [0.2, 0.25) is 0 Å². The third kappa shape index (κ3) is 2.62. The van der Waals surface area contributed by atoms with Gasteiger partial charge in [-0.1, -0.05) is 30.0 Å². The van der Waals surface area contributed by atoms with E-state index in [0.29, 0.717) is 15.7 Å². The molecule has 106 valence electrons. The smallest absolute Gasteiger partial charge is 0.143 e. The van der Waals surface area contributed by atoms with Crippen LogP contribution in [0.2, 0.25) is 0 Å². The molecule has 0 spiro atoms. The standard InChI is InChI=1S/C15H12FN3OS/c1-20-13-7-14(10(16)6-11(13)17)21-15-9-4-2-3-5-12(9)18-8-19-15/h2-8H,17H2,1H3. The van der Waals surface area contributed by atoms with Crippen LogP contribution in [0.3, 0.4) is 0 Å². The number of halogens is 1. The highest BCUT2D eigenvalue weighted by Crippen LogP contribution is 2.36. The summed E-state index contributed by atoms with van der Waals surface area (Å²) in [5.74, 6) is 0.0401. The first-order chi connectivity index (χ1) is 10.2. The van der Waals surface area contributed by atoms with Gasteiger partial charge in [-0.3, -0.25) is 0 Å². The third-order valence-corrected chi connectivity index (χ3v) is 4.05. The molecule has 2 N–H and O–H groups in total. The van der Waals surface area contributed by atoms with Gasteiger partial charge in [0.15, 0.2) is 0 Å². The van der Waals surface area contributed by atoms with Crippen LogP contribution in [0.4, 0.5) is 10.1 Å². The predicted octanol–water partition coefficient (Wildman–Crippen LogP) is 3.51. The number of hydrogen-bond donors (Lipinski definition) is 1. The average molecular weight is 301 g/mol. The Labute approximate surface area is 125 Å². The first-order valence-corrected chi connectivity index (χ1v) is 7.01. The minimum Gasteiger partial charge on any atom is -0.495 e. The number of aromatic nitrogens is 2. The highest BCUT2D eigenvalue weighted by atomic mass is 32.2. The maximum absolute atomic E-state index is 14.1. The van der Waals surface area contributed by atoms with Gasteiger partial charge < -0.3 is 10.5 Å². The summed E-state index contributed by atoms with van der Waals surface area (Å²) < 4.78 is 19.2. The predicted molar refractivity (Wildman–Crippen MR) is 81.0 cm³/mol. The Kier molecular flexibility index (Phi) is 3.62. The van der Waals surface area contributed by atoms with Gasteiger partial charge in [0.25, 0.3) is 0 Å². The zero-order chi connectivity index (χ0) is 14.8. The highest BCUT2D eigenvalue weighted by Gasteiger charge is 2.12. The molecule has 3 aromatic rings. The maximum Gasteiger partial charge on any atom is 0.143 e. The molecule has 0 amide bonds. The van der Waals surface area contributed by atoms with Crippen molar-refractivity contribution in [2.45, 2.75) is 9.92 Å². The molecule has 0 saturated carbocycles. The second-order valence-corrected chi connectivity index (χ2v) is 5.35. The number of nitrogens with two attached hydrogens (primary N) is 1. The lowest BCUT2D eigenvalue weighted by atomic mass is 10.2. The van der Waals surface area contributed by atoms with E-state index in [-0.39, 0.29) is 5.69 Å². The van der Waals surface area contributed by atoms with Crippen LogP contribution in [0.1, 0.15) is 0 Å². The largest absolute Gasteiger partial charge is 0.495 e. The zero-order valence-electron chi connectivity index (χ0n) is 11.2. The Morgan fingerprint density at radius 1 is 1.19 bits per heavy atom. The summed E-state index contributed by atoms with van der Waals surface area (Å²) in [6.07, 6.45) is 1.47. The SMILES string of the molecule is COc1cc(Sc2ncnc3ccccc23)c(F)cc1N. The maximum atomic E-state index is 14.1. The second kappa shape index (κ2) is 5.57. The Bertz CT molecular complexity index is 805. The normalized spacial score (nSPS) is 10.8. The molecule has 0 unspecified atom stereocenters. The van der Waals surface area contributed by atoms with Crippen LogP contribution in [0.25, 0.3) is 10.9 Å². The van der Waals surface area contributed by atoms with E-state index in [2.05, 4.69) is 9.97 Å². The molecule has 21 heavy (non-hydrogen) atoms. The quantitative estimate of drug-likeness (QED) is 0.592. The number of fused-ring (bicyclic) bond motifs is 1. The van der Waals surface area contributed by atoms with Crippen LogP contribution in [0.5, 0.6) is 5.75 Å². The Morgan fingerprint density at radius 3 is 2.81 bits per heavy atom. The summed E-state index contributed by atoms with van der Waals surface area (Å²) in [6.45, 7) is 0. The molecule has 1 aromatic heterocycles. The fraction of sp³-hybridized carbons (Fsp3) is 0.0667. The van der Waals surface area contributed by atoms with Crippen molar-refractivity contribution in [2.75, 3.05) is 12.8 Å². The first kappa shape index (κ1) is 13.6. The van der Waals surface area contributed by atoms with Gasteiger partial charge in [-0.2, -0.15) is 0 Å². The summed E-state index contributed by atoms with van der Waals surface area (Å²) >= 11 is 1.22. The molecule has 0 aliphatic rings. The topological polar surface area (TPSA) is 61.0 Å². The number of anilines is 1. The molecule has 1 heterocycles. The van der Waals surface area contributed by atoms with Crippen molar-refractivity contribution in [3.8, 4) is 5.75 Å². The van der Waals surface area contributed by atoms with Gasteiger partial charge in [0.1, 0.15) is 22.9 Å². The zero-order valence-corrected chi connectivity index (χ0v) is 12.0. The summed E-state index contributed by atoms with van der Waals surface area (Å²) in [6, 6.07) is 10.4. The van der Waals surface area contributed by atoms with Crippen LogP contribution < -0.4 is 10.5 Å². The lowest BCUT2D eigenvalue weighted by Gasteiger charge is -2.09. The molecular weight excluding hydrogens is 289 g/mol. The number of nitrogen functional groups attached to an aromatic ring is 1. The van der Waals surface area contributed by atoms with Crippen LogP contribution >= 0.6 is 11.8 Å². The molecule has 3 rings (SSSR count). The number of rotatable bonds is 3. The average Bonchev–Trinajstić information content (AvgIpc) is 2.50. The van der Waals surface area contributed by atoms with E-state index in [1.54, 1.807) is 6.07 Å². The number of para-hydroxylation sites is 1. The van der Waals surface area contributed by atoms with Gasteiger partial charge in [-0.25, -0.2) is 14.4 Å². The van der Waals surface area contributed by atoms with Gasteiger partial charge in [0, 0.05) is 11.5 Å². The van der Waals surface area contributed by atoms with Crippen molar-refractivity contribution < 1.29 is 9.13 Å². The number of ether oxygens (including phenoxy) is 1. The van der Waals surface area contributed by atoms with E-state index >= 15 is 0 Å². The number of hydrogen-bond acceptors (Lipinski definition) is 5. The van der Waals surface area contributed by atoms with Crippen molar-refractivity contribution in [2.24, 2.45) is 0 Å². The van der Waals surface area contributed by atoms with Gasteiger partial charge in [0.05, 0.1) is 23.2 Å². The summed E-state index contributed by atoms with van der Waals surface area (Å²) in [4.78, 5) is 8.83. The van der Waals surface area contributed by atoms with E-state index in [1.807, 2.05) is 24.3 Å². The van der Waals surface area contributed by atoms with Crippen LogP contribution in [0.15, 0.2) is 52.6 Å². The highest BCUT2D eigenvalue weighted by molar-refractivity contribution is 7.99. The van der Waals surface area contributed by atoms with Crippen molar-refractivity contribution in [1.82, 2.24) is 9.97 Å². The number of nitrogens with zero attached hydrogens (tertiary/aromatic N) is 2. The summed E-state index contributed by atoms with van der Waals surface area (Å²) in [5.41, 5.74) is 6.77. The van der Waals surface area contributed by atoms with Gasteiger partial charge in [-0.05, 0) is 12.1 Å². The fourth-order valence-corrected chi connectivity index (χ4v) is 2.88. The number of methoxy groups -OCH3 is 1. The van der Waals surface area contributed by atoms with Crippen molar-refractivity contribution in [1.29, 1.82) is 0 Å². The minimum atomic E-state index is -0.402. The van der Waals surface area contributed by atoms with Crippen molar-refractivity contribution in [3.05, 3.63) is 48.5 Å². The Balaban J connectivity index is 2.07. The van der Waals surface area contributed by atoms with E-state index < -0.39 is 5.82 Å². The molecule has 0 atom stereocenters. The number of benzene rings is 2. The minimum absolute atomic E-state index is 0.270. The molecule has 6 heteroatoms. The van der Waals surface area contributed by atoms with E-state index in [0.717, 1.165) is 10.9 Å². The van der Waals surface area contributed by atoms with Crippen molar-refractivity contribution in [3.63, 3.8) is 0 Å². The summed E-state index contributed by atoms with van der Waals surface area (Å²) in [7, 11) is 1.50. The molecule has 0 bridgehead atoms. The molecule has 0 aliphatic heterocycles. The molecule has 2 aromatic carbocycles. The second-order valence-electron chi connectivity index (χ2n) is 4.32. The van der Waals surface area contributed by atoms with E-state index in [4.69, 9.17) is 10.5 Å². The molecule has 0 radical (unpaired) electrons. The van der Waals surface area contributed by atoms with Gasteiger partial charge >= 0.3 is 0 Å². The molecule has 4 nitrogen and oxygen atoms in total.